The van der Waals surface area contributed by atoms with E-state index >= 15 is 0 Å². The molecule has 0 aromatic heterocycles. The summed E-state index contributed by atoms with van der Waals surface area (Å²) in [6, 6.07) is 12.2. The molecule has 0 saturated carbocycles. The van der Waals surface area contributed by atoms with E-state index in [-0.39, 0.29) is 29.8 Å². The van der Waals surface area contributed by atoms with Gasteiger partial charge in [-0.15, -0.1) is 0 Å². The number of carbonyl (C=O) groups is 3. The second kappa shape index (κ2) is 11.6. The number of nitrogens with one attached hydrogen (secondary N) is 3. The first-order valence-corrected chi connectivity index (χ1v) is 11.5. The molecule has 0 heterocycles. The summed E-state index contributed by atoms with van der Waals surface area (Å²) in [5, 5.41) is 5.81. The van der Waals surface area contributed by atoms with Crippen molar-refractivity contribution in [1.29, 1.82) is 0 Å². The molecule has 0 saturated heterocycles. The van der Waals surface area contributed by atoms with E-state index in [1.165, 1.54) is 31.2 Å². The Hall–Kier alpha value is -2.95. The van der Waals surface area contributed by atoms with Gasteiger partial charge in [0.15, 0.2) is 6.61 Å². The third-order valence-electron chi connectivity index (χ3n) is 4.22. The first-order chi connectivity index (χ1) is 15.1. The van der Waals surface area contributed by atoms with Gasteiger partial charge in [-0.1, -0.05) is 23.7 Å². The zero-order valence-electron chi connectivity index (χ0n) is 17.6. The highest BCUT2D eigenvalue weighted by molar-refractivity contribution is 7.89. The highest BCUT2D eigenvalue weighted by Gasteiger charge is 2.16. The first kappa shape index (κ1) is 25.3. The lowest BCUT2D eigenvalue weighted by Crippen LogP contribution is -2.32. The molecule has 1 atom stereocenters. The third-order valence-corrected chi connectivity index (χ3v) is 5.95. The van der Waals surface area contributed by atoms with Crippen LogP contribution in [0.3, 0.4) is 0 Å². The van der Waals surface area contributed by atoms with Crippen LogP contribution in [0.15, 0.2) is 53.4 Å². The molecule has 2 rings (SSSR count). The molecular weight excluding hydrogens is 458 g/mol. The monoisotopic (exact) mass is 481 g/mol. The Kier molecular flexibility index (Phi) is 9.18. The SMILES string of the molecule is CC(=O)Nc1ccc(S(=O)(=O)NCCC(=O)OCC(=O)N[C@@H](C)c2ccc(Cl)cc2)cc1. The van der Waals surface area contributed by atoms with Crippen LogP contribution in [0.5, 0.6) is 0 Å². The van der Waals surface area contributed by atoms with Gasteiger partial charge < -0.3 is 15.4 Å². The Morgan fingerprint density at radius 2 is 1.66 bits per heavy atom. The number of hydrogen-bond donors (Lipinski definition) is 3. The van der Waals surface area contributed by atoms with Gasteiger partial charge >= 0.3 is 5.97 Å². The summed E-state index contributed by atoms with van der Waals surface area (Å²) in [7, 11) is -3.84. The van der Waals surface area contributed by atoms with E-state index in [2.05, 4.69) is 15.4 Å². The van der Waals surface area contributed by atoms with Crippen LogP contribution in [0.1, 0.15) is 31.9 Å². The van der Waals surface area contributed by atoms with Gasteiger partial charge in [0.25, 0.3) is 5.91 Å². The highest BCUT2D eigenvalue weighted by Crippen LogP contribution is 2.16. The third kappa shape index (κ3) is 8.29. The minimum Gasteiger partial charge on any atom is -0.456 e. The molecule has 2 aromatic carbocycles. The fourth-order valence-electron chi connectivity index (χ4n) is 2.63. The molecule has 2 amide bonds. The Morgan fingerprint density at radius 3 is 2.25 bits per heavy atom. The van der Waals surface area contributed by atoms with Gasteiger partial charge in [0.05, 0.1) is 17.4 Å². The van der Waals surface area contributed by atoms with E-state index in [9.17, 15) is 22.8 Å². The number of amides is 2. The molecule has 0 aliphatic rings. The molecule has 2 aromatic rings. The van der Waals surface area contributed by atoms with Gasteiger partial charge in [-0.3, -0.25) is 14.4 Å². The zero-order valence-corrected chi connectivity index (χ0v) is 19.1. The molecule has 3 N–H and O–H groups in total. The number of benzene rings is 2. The van der Waals surface area contributed by atoms with Gasteiger partial charge in [0, 0.05) is 24.2 Å². The van der Waals surface area contributed by atoms with E-state index in [4.69, 9.17) is 16.3 Å². The van der Waals surface area contributed by atoms with Crippen molar-refractivity contribution in [3.8, 4) is 0 Å². The number of hydrogen-bond acceptors (Lipinski definition) is 6. The summed E-state index contributed by atoms with van der Waals surface area (Å²) in [5.74, 6) is -1.48. The number of halogens is 1. The predicted molar refractivity (Wildman–Crippen MR) is 120 cm³/mol. The number of ether oxygens (including phenoxy) is 1. The van der Waals surface area contributed by atoms with Crippen LogP contribution in [0.2, 0.25) is 5.02 Å². The average molecular weight is 482 g/mol. The summed E-state index contributed by atoms with van der Waals surface area (Å²) in [6.07, 6.45) is -0.247. The summed E-state index contributed by atoms with van der Waals surface area (Å²) >= 11 is 5.83. The van der Waals surface area contributed by atoms with Crippen molar-refractivity contribution in [2.45, 2.75) is 31.2 Å². The quantitative estimate of drug-likeness (QED) is 0.446. The maximum Gasteiger partial charge on any atom is 0.307 e. The topological polar surface area (TPSA) is 131 Å². The maximum atomic E-state index is 12.3. The molecule has 0 unspecified atom stereocenters. The predicted octanol–water partition coefficient (Wildman–Crippen LogP) is 2.39. The normalized spacial score (nSPS) is 12.0. The highest BCUT2D eigenvalue weighted by atomic mass is 35.5. The van der Waals surface area contributed by atoms with Gasteiger partial charge in [0.1, 0.15) is 0 Å². The summed E-state index contributed by atoms with van der Waals surface area (Å²) in [5.41, 5.74) is 1.30. The molecular formula is C21H24ClN3O6S. The van der Waals surface area contributed by atoms with Crippen LogP contribution in [0, 0.1) is 0 Å². The zero-order chi connectivity index (χ0) is 23.7. The lowest BCUT2D eigenvalue weighted by molar-refractivity contribution is -0.148. The molecule has 9 nitrogen and oxygen atoms in total. The summed E-state index contributed by atoms with van der Waals surface area (Å²) in [6.45, 7) is 2.45. The van der Waals surface area contributed by atoms with Crippen molar-refractivity contribution in [2.24, 2.45) is 0 Å². The second-order valence-electron chi connectivity index (χ2n) is 6.85. The van der Waals surface area contributed by atoms with E-state index < -0.39 is 28.5 Å². The molecule has 0 spiro atoms. The second-order valence-corrected chi connectivity index (χ2v) is 9.06. The number of rotatable bonds is 10. The average Bonchev–Trinajstić information content (AvgIpc) is 2.72. The minimum atomic E-state index is -3.84. The molecule has 0 fully saturated rings. The van der Waals surface area contributed by atoms with Gasteiger partial charge in [0.2, 0.25) is 15.9 Å². The first-order valence-electron chi connectivity index (χ1n) is 9.64. The number of esters is 1. The van der Waals surface area contributed by atoms with Gasteiger partial charge in [-0.05, 0) is 48.9 Å². The van der Waals surface area contributed by atoms with Crippen LogP contribution in [-0.2, 0) is 29.1 Å². The largest absolute Gasteiger partial charge is 0.456 e. The number of carbonyl (C=O) groups excluding carboxylic acids is 3. The lowest BCUT2D eigenvalue weighted by atomic mass is 10.1. The van der Waals surface area contributed by atoms with Crippen LogP contribution >= 0.6 is 11.6 Å². The minimum absolute atomic E-state index is 0.0180. The van der Waals surface area contributed by atoms with Crippen LogP contribution in [0.4, 0.5) is 5.69 Å². The van der Waals surface area contributed by atoms with Gasteiger partial charge in [-0.25, -0.2) is 13.1 Å². The molecule has 0 bridgehead atoms. The van der Waals surface area contributed by atoms with Gasteiger partial charge in [-0.2, -0.15) is 0 Å². The molecule has 172 valence electrons. The standard InChI is InChI=1S/C21H24ClN3O6S/c1-14(16-3-5-17(22)6-4-16)24-20(27)13-31-21(28)11-12-23-32(29,30)19-9-7-18(8-10-19)25-15(2)26/h3-10,14,23H,11-13H2,1-2H3,(H,24,27)(H,25,26)/t14-/m0/s1. The van der Waals surface area contributed by atoms with E-state index in [1.807, 2.05) is 0 Å². The maximum absolute atomic E-state index is 12.3. The van der Waals surface area contributed by atoms with Crippen molar-refractivity contribution in [1.82, 2.24) is 10.0 Å². The smallest absolute Gasteiger partial charge is 0.307 e. The van der Waals surface area contributed by atoms with Crippen molar-refractivity contribution < 1.29 is 27.5 Å². The van der Waals surface area contributed by atoms with Crippen molar-refractivity contribution in [3.05, 3.63) is 59.1 Å². The van der Waals surface area contributed by atoms with Crippen LogP contribution in [0.25, 0.3) is 0 Å². The van der Waals surface area contributed by atoms with Crippen molar-refractivity contribution >= 4 is 45.1 Å². The Morgan fingerprint density at radius 1 is 1.03 bits per heavy atom. The number of anilines is 1. The fraction of sp³-hybridized carbons (Fsp3) is 0.286. The van der Waals surface area contributed by atoms with E-state index in [0.717, 1.165) is 5.56 Å². The fourth-order valence-corrected chi connectivity index (χ4v) is 3.79. The van der Waals surface area contributed by atoms with E-state index in [0.29, 0.717) is 10.7 Å². The summed E-state index contributed by atoms with van der Waals surface area (Å²) in [4.78, 5) is 34.8. The Labute approximate surface area is 191 Å². The van der Waals surface area contributed by atoms with Crippen molar-refractivity contribution in [2.75, 3.05) is 18.5 Å². The molecule has 0 radical (unpaired) electrons. The van der Waals surface area contributed by atoms with Crippen LogP contribution in [-0.4, -0.2) is 39.4 Å². The number of sulfonamides is 1. The summed E-state index contributed by atoms with van der Waals surface area (Å²) < 4.78 is 31.7. The molecule has 32 heavy (non-hydrogen) atoms. The Bertz CT molecular complexity index is 1060. The molecule has 0 aliphatic heterocycles. The van der Waals surface area contributed by atoms with Crippen LogP contribution < -0.4 is 15.4 Å². The molecule has 11 heteroatoms. The molecule has 0 aliphatic carbocycles. The Balaban J connectivity index is 1.73. The van der Waals surface area contributed by atoms with Crippen molar-refractivity contribution in [3.63, 3.8) is 0 Å². The lowest BCUT2D eigenvalue weighted by Gasteiger charge is -2.14. The van der Waals surface area contributed by atoms with E-state index in [1.54, 1.807) is 31.2 Å².